The number of thiophene rings is 1. The standard InChI is InChI=1S/C11H15N5O2S/c1-8(2)6-18-14-10(17)5-16-13-11(12-15-16)9-3-4-19-7-9/h3-4,7-8H,5-6H2,1-2H3,(H,14,17). The van der Waals surface area contributed by atoms with Gasteiger partial charge in [0.05, 0.1) is 6.61 Å². The lowest BCUT2D eigenvalue weighted by Crippen LogP contribution is -2.29. The Labute approximate surface area is 114 Å². The van der Waals surface area contributed by atoms with Crippen molar-refractivity contribution < 1.29 is 9.63 Å². The second-order valence-corrected chi connectivity index (χ2v) is 5.17. The first-order valence-corrected chi connectivity index (χ1v) is 6.80. The van der Waals surface area contributed by atoms with Crippen molar-refractivity contribution in [3.8, 4) is 11.4 Å². The van der Waals surface area contributed by atoms with Crippen LogP contribution in [0.5, 0.6) is 0 Å². The Morgan fingerprint density at radius 3 is 3.11 bits per heavy atom. The largest absolute Gasteiger partial charge is 0.273 e. The van der Waals surface area contributed by atoms with Gasteiger partial charge in [-0.15, -0.1) is 10.2 Å². The molecular weight excluding hydrogens is 266 g/mol. The van der Waals surface area contributed by atoms with Gasteiger partial charge in [0.15, 0.2) is 0 Å². The van der Waals surface area contributed by atoms with Gasteiger partial charge in [0, 0.05) is 10.9 Å². The van der Waals surface area contributed by atoms with Crippen LogP contribution < -0.4 is 5.48 Å². The third-order valence-corrected chi connectivity index (χ3v) is 2.80. The minimum Gasteiger partial charge on any atom is -0.273 e. The van der Waals surface area contributed by atoms with Gasteiger partial charge in [0.1, 0.15) is 6.54 Å². The molecule has 1 N–H and O–H groups in total. The van der Waals surface area contributed by atoms with E-state index < -0.39 is 0 Å². The number of aromatic nitrogens is 4. The van der Waals surface area contributed by atoms with Crippen molar-refractivity contribution in [1.29, 1.82) is 0 Å². The number of nitrogens with one attached hydrogen (secondary N) is 1. The summed E-state index contributed by atoms with van der Waals surface area (Å²) in [6.45, 7) is 4.45. The Balaban J connectivity index is 1.84. The van der Waals surface area contributed by atoms with E-state index in [0.717, 1.165) is 5.56 Å². The summed E-state index contributed by atoms with van der Waals surface area (Å²) >= 11 is 1.56. The quantitative estimate of drug-likeness (QED) is 0.802. The van der Waals surface area contributed by atoms with Gasteiger partial charge >= 0.3 is 0 Å². The van der Waals surface area contributed by atoms with Crippen LogP contribution in [0, 0.1) is 5.92 Å². The summed E-state index contributed by atoms with van der Waals surface area (Å²) in [5, 5.41) is 15.7. The molecule has 1 amide bonds. The Bertz CT molecular complexity index is 523. The van der Waals surface area contributed by atoms with E-state index >= 15 is 0 Å². The molecule has 0 radical (unpaired) electrons. The van der Waals surface area contributed by atoms with Crippen molar-refractivity contribution in [1.82, 2.24) is 25.7 Å². The molecule has 0 bridgehead atoms. The number of hydroxylamine groups is 1. The van der Waals surface area contributed by atoms with E-state index in [1.165, 1.54) is 4.80 Å². The van der Waals surface area contributed by atoms with Crippen LogP contribution in [0.4, 0.5) is 0 Å². The Kier molecular flexibility index (Phi) is 4.58. The first-order chi connectivity index (χ1) is 9.15. The monoisotopic (exact) mass is 281 g/mol. The lowest BCUT2D eigenvalue weighted by molar-refractivity contribution is -0.135. The molecule has 2 aromatic rings. The van der Waals surface area contributed by atoms with E-state index in [4.69, 9.17) is 4.84 Å². The molecule has 0 aliphatic carbocycles. The van der Waals surface area contributed by atoms with E-state index in [9.17, 15) is 4.79 Å². The molecule has 0 spiro atoms. The molecule has 2 heterocycles. The maximum atomic E-state index is 11.5. The molecular formula is C11H15N5O2S. The van der Waals surface area contributed by atoms with Gasteiger partial charge in [-0.1, -0.05) is 13.8 Å². The third-order valence-electron chi connectivity index (χ3n) is 2.12. The Hall–Kier alpha value is -1.80. The highest BCUT2D eigenvalue weighted by Gasteiger charge is 2.09. The second-order valence-electron chi connectivity index (χ2n) is 4.39. The molecule has 2 aromatic heterocycles. The molecule has 0 atom stereocenters. The Morgan fingerprint density at radius 1 is 1.58 bits per heavy atom. The van der Waals surface area contributed by atoms with Gasteiger partial charge < -0.3 is 0 Å². The van der Waals surface area contributed by atoms with Gasteiger partial charge in [-0.25, -0.2) is 5.48 Å². The van der Waals surface area contributed by atoms with Gasteiger partial charge in [0.2, 0.25) is 5.82 Å². The van der Waals surface area contributed by atoms with Crippen molar-refractivity contribution in [3.05, 3.63) is 16.8 Å². The number of rotatable bonds is 6. The fourth-order valence-corrected chi connectivity index (χ4v) is 1.90. The van der Waals surface area contributed by atoms with Crippen LogP contribution in [-0.4, -0.2) is 32.7 Å². The molecule has 0 fully saturated rings. The molecule has 8 heteroatoms. The molecule has 102 valence electrons. The van der Waals surface area contributed by atoms with E-state index in [0.29, 0.717) is 18.3 Å². The number of hydrogen-bond acceptors (Lipinski definition) is 6. The number of hydrogen-bond donors (Lipinski definition) is 1. The number of amides is 1. The molecule has 0 saturated carbocycles. The average Bonchev–Trinajstić information content (AvgIpc) is 2.97. The minimum atomic E-state index is -0.310. The number of nitrogens with zero attached hydrogens (tertiary/aromatic N) is 4. The Morgan fingerprint density at radius 2 is 2.42 bits per heavy atom. The maximum Gasteiger partial charge on any atom is 0.267 e. The highest BCUT2D eigenvalue weighted by molar-refractivity contribution is 7.08. The molecule has 7 nitrogen and oxygen atoms in total. The topological polar surface area (TPSA) is 81.9 Å². The lowest BCUT2D eigenvalue weighted by Gasteiger charge is -2.06. The van der Waals surface area contributed by atoms with Crippen LogP contribution >= 0.6 is 11.3 Å². The van der Waals surface area contributed by atoms with Gasteiger partial charge in [0.25, 0.3) is 5.91 Å². The fraction of sp³-hybridized carbons (Fsp3) is 0.455. The van der Waals surface area contributed by atoms with E-state index in [-0.39, 0.29) is 12.5 Å². The van der Waals surface area contributed by atoms with Crippen molar-refractivity contribution in [3.63, 3.8) is 0 Å². The van der Waals surface area contributed by atoms with Crippen LogP contribution in [0.15, 0.2) is 16.8 Å². The zero-order chi connectivity index (χ0) is 13.7. The van der Waals surface area contributed by atoms with Crippen molar-refractivity contribution in [2.24, 2.45) is 5.92 Å². The molecule has 0 unspecified atom stereocenters. The van der Waals surface area contributed by atoms with Crippen molar-refractivity contribution >= 4 is 17.2 Å². The van der Waals surface area contributed by atoms with Crippen LogP contribution in [-0.2, 0) is 16.2 Å². The summed E-state index contributed by atoms with van der Waals surface area (Å²) in [4.78, 5) is 17.8. The lowest BCUT2D eigenvalue weighted by atomic mass is 10.2. The highest BCUT2D eigenvalue weighted by Crippen LogP contribution is 2.16. The minimum absolute atomic E-state index is 0.0186. The smallest absolute Gasteiger partial charge is 0.267 e. The van der Waals surface area contributed by atoms with Crippen LogP contribution in [0.1, 0.15) is 13.8 Å². The fourth-order valence-electron chi connectivity index (χ4n) is 1.27. The molecule has 0 saturated heterocycles. The number of carbonyl (C=O) groups excluding carboxylic acids is 1. The van der Waals surface area contributed by atoms with Gasteiger partial charge in [-0.05, 0) is 22.6 Å². The normalized spacial score (nSPS) is 10.9. The van der Waals surface area contributed by atoms with E-state index in [1.54, 1.807) is 11.3 Å². The first kappa shape index (κ1) is 13.6. The summed E-state index contributed by atoms with van der Waals surface area (Å²) in [5.74, 6) is 0.557. The average molecular weight is 281 g/mol. The second kappa shape index (κ2) is 6.39. The van der Waals surface area contributed by atoms with Crippen LogP contribution in [0.2, 0.25) is 0 Å². The first-order valence-electron chi connectivity index (χ1n) is 5.86. The molecule has 0 aromatic carbocycles. The predicted molar refractivity (Wildman–Crippen MR) is 70.1 cm³/mol. The number of carbonyl (C=O) groups is 1. The van der Waals surface area contributed by atoms with E-state index in [1.807, 2.05) is 30.7 Å². The molecule has 19 heavy (non-hydrogen) atoms. The summed E-state index contributed by atoms with van der Waals surface area (Å²) in [6.07, 6.45) is 0. The molecule has 0 aliphatic heterocycles. The SMILES string of the molecule is CC(C)CONC(=O)Cn1nnc(-c2ccsc2)n1. The molecule has 0 aliphatic rings. The van der Waals surface area contributed by atoms with E-state index in [2.05, 4.69) is 20.9 Å². The number of tetrazole rings is 1. The van der Waals surface area contributed by atoms with Crippen LogP contribution in [0.25, 0.3) is 11.4 Å². The summed E-state index contributed by atoms with van der Waals surface area (Å²) in [7, 11) is 0. The van der Waals surface area contributed by atoms with Gasteiger partial charge in [-0.2, -0.15) is 16.1 Å². The summed E-state index contributed by atoms with van der Waals surface area (Å²) < 4.78 is 0. The van der Waals surface area contributed by atoms with Gasteiger partial charge in [-0.3, -0.25) is 9.63 Å². The summed E-state index contributed by atoms with van der Waals surface area (Å²) in [6, 6.07) is 1.90. The van der Waals surface area contributed by atoms with Crippen LogP contribution in [0.3, 0.4) is 0 Å². The zero-order valence-corrected chi connectivity index (χ0v) is 11.6. The zero-order valence-electron chi connectivity index (χ0n) is 10.7. The highest BCUT2D eigenvalue weighted by atomic mass is 32.1. The summed E-state index contributed by atoms with van der Waals surface area (Å²) in [5.41, 5.74) is 3.24. The molecule has 2 rings (SSSR count). The third kappa shape index (κ3) is 4.11. The van der Waals surface area contributed by atoms with Crippen molar-refractivity contribution in [2.75, 3.05) is 6.61 Å². The predicted octanol–water partition coefficient (Wildman–Crippen LogP) is 1.11. The maximum absolute atomic E-state index is 11.5. The van der Waals surface area contributed by atoms with Crippen molar-refractivity contribution in [2.45, 2.75) is 20.4 Å².